The lowest BCUT2D eigenvalue weighted by atomic mass is 10.3. The molecule has 0 heterocycles. The van der Waals surface area contributed by atoms with Crippen LogP contribution in [0.1, 0.15) is 13.8 Å². The number of nitrogens with zero attached hydrogens (tertiary/aromatic N) is 1. The summed E-state index contributed by atoms with van der Waals surface area (Å²) < 4.78 is 25.7. The highest BCUT2D eigenvalue weighted by molar-refractivity contribution is 5.89. The van der Waals surface area contributed by atoms with Gasteiger partial charge in [0.15, 0.2) is 11.6 Å². The lowest BCUT2D eigenvalue weighted by Crippen LogP contribution is -2.35. The smallest absolute Gasteiger partial charge is 0.321 e. The molecule has 1 rings (SSSR count). The Hall–Kier alpha value is -1.91. The van der Waals surface area contributed by atoms with E-state index in [1.165, 1.54) is 11.0 Å². The molecular formula is C13H16F2N2O. The van der Waals surface area contributed by atoms with E-state index in [2.05, 4.69) is 11.9 Å². The lowest BCUT2D eigenvalue weighted by Gasteiger charge is -2.21. The average molecular weight is 254 g/mol. The van der Waals surface area contributed by atoms with Crippen LogP contribution in [0.3, 0.4) is 0 Å². The Bertz CT molecular complexity index is 460. The van der Waals surface area contributed by atoms with E-state index >= 15 is 0 Å². The fourth-order valence-electron chi connectivity index (χ4n) is 1.43. The first-order valence-corrected chi connectivity index (χ1v) is 5.59. The van der Waals surface area contributed by atoms with E-state index in [0.29, 0.717) is 13.1 Å². The second kappa shape index (κ2) is 6.14. The van der Waals surface area contributed by atoms with Crippen molar-refractivity contribution in [2.45, 2.75) is 13.8 Å². The maximum atomic E-state index is 13.0. The molecule has 0 saturated heterocycles. The number of nitrogens with one attached hydrogen (secondary N) is 1. The zero-order valence-electron chi connectivity index (χ0n) is 10.5. The summed E-state index contributed by atoms with van der Waals surface area (Å²) in [6.45, 7) is 8.29. The number of likely N-dealkylation sites (N-methyl/N-ethyl adjacent to an activating group) is 1. The van der Waals surface area contributed by atoms with E-state index in [1.807, 2.05) is 13.8 Å². The predicted molar refractivity (Wildman–Crippen MR) is 67.4 cm³/mol. The van der Waals surface area contributed by atoms with Gasteiger partial charge in [-0.2, -0.15) is 0 Å². The largest absolute Gasteiger partial charge is 0.322 e. The summed E-state index contributed by atoms with van der Waals surface area (Å²) in [5, 5.41) is 2.51. The summed E-state index contributed by atoms with van der Waals surface area (Å²) in [6.07, 6.45) is 0. The number of rotatable bonds is 4. The van der Waals surface area contributed by atoms with Crippen LogP contribution < -0.4 is 5.32 Å². The molecule has 98 valence electrons. The van der Waals surface area contributed by atoms with Crippen molar-refractivity contribution < 1.29 is 13.6 Å². The lowest BCUT2D eigenvalue weighted by molar-refractivity contribution is 0.218. The Morgan fingerprint density at radius 3 is 2.56 bits per heavy atom. The summed E-state index contributed by atoms with van der Waals surface area (Å²) >= 11 is 0. The number of amides is 2. The highest BCUT2D eigenvalue weighted by Gasteiger charge is 2.12. The van der Waals surface area contributed by atoms with Crippen LogP contribution in [0.2, 0.25) is 0 Å². The Labute approximate surface area is 105 Å². The highest BCUT2D eigenvalue weighted by atomic mass is 19.2. The van der Waals surface area contributed by atoms with Crippen molar-refractivity contribution in [3.63, 3.8) is 0 Å². The second-order valence-corrected chi connectivity index (χ2v) is 4.03. The molecule has 0 spiro atoms. The van der Waals surface area contributed by atoms with Gasteiger partial charge >= 0.3 is 6.03 Å². The third kappa shape index (κ3) is 3.84. The third-order valence-electron chi connectivity index (χ3n) is 2.30. The molecule has 0 saturated carbocycles. The first kappa shape index (κ1) is 14.2. The SMILES string of the molecule is C=C(C)CN(CC)C(=O)Nc1ccc(F)c(F)c1. The molecule has 1 aromatic carbocycles. The standard InChI is InChI=1S/C13H16F2N2O/c1-4-17(8-9(2)3)13(18)16-10-5-6-11(14)12(15)7-10/h5-7H,2,4,8H2,1,3H3,(H,16,18). The van der Waals surface area contributed by atoms with Gasteiger partial charge in [0.05, 0.1) is 0 Å². The third-order valence-corrected chi connectivity index (χ3v) is 2.30. The van der Waals surface area contributed by atoms with Gasteiger partial charge in [-0.25, -0.2) is 13.6 Å². The molecule has 18 heavy (non-hydrogen) atoms. The molecule has 0 fully saturated rings. The van der Waals surface area contributed by atoms with Crippen LogP contribution in [0.4, 0.5) is 19.3 Å². The van der Waals surface area contributed by atoms with E-state index in [0.717, 1.165) is 17.7 Å². The summed E-state index contributed by atoms with van der Waals surface area (Å²) in [5.74, 6) is -1.93. The number of carbonyl (C=O) groups excluding carboxylic acids is 1. The number of hydrogen-bond acceptors (Lipinski definition) is 1. The zero-order chi connectivity index (χ0) is 13.7. The quantitative estimate of drug-likeness (QED) is 0.821. The Morgan fingerprint density at radius 1 is 1.39 bits per heavy atom. The van der Waals surface area contributed by atoms with Gasteiger partial charge in [-0.15, -0.1) is 0 Å². The van der Waals surface area contributed by atoms with Crippen LogP contribution in [0, 0.1) is 11.6 Å². The average Bonchev–Trinajstić information content (AvgIpc) is 2.30. The van der Waals surface area contributed by atoms with Crippen LogP contribution in [0.25, 0.3) is 0 Å². The molecule has 1 aromatic rings. The van der Waals surface area contributed by atoms with Gasteiger partial charge in [0.25, 0.3) is 0 Å². The molecule has 3 nitrogen and oxygen atoms in total. The van der Waals surface area contributed by atoms with Crippen LogP contribution in [-0.2, 0) is 0 Å². The van der Waals surface area contributed by atoms with E-state index in [1.54, 1.807) is 0 Å². The van der Waals surface area contributed by atoms with Gasteiger partial charge in [-0.05, 0) is 26.0 Å². The molecule has 0 atom stereocenters. The minimum atomic E-state index is -0.990. The van der Waals surface area contributed by atoms with E-state index in [4.69, 9.17) is 0 Å². The molecular weight excluding hydrogens is 238 g/mol. The first-order valence-electron chi connectivity index (χ1n) is 5.59. The van der Waals surface area contributed by atoms with Crippen molar-refractivity contribution >= 4 is 11.7 Å². The van der Waals surface area contributed by atoms with Crippen LogP contribution in [0.15, 0.2) is 30.4 Å². The normalized spacial score (nSPS) is 10.0. The van der Waals surface area contributed by atoms with Gasteiger partial charge < -0.3 is 10.2 Å². The number of carbonyl (C=O) groups is 1. The number of hydrogen-bond donors (Lipinski definition) is 1. The molecule has 0 radical (unpaired) electrons. The highest BCUT2D eigenvalue weighted by Crippen LogP contribution is 2.13. The summed E-state index contributed by atoms with van der Waals surface area (Å²) in [6, 6.07) is 2.86. The topological polar surface area (TPSA) is 32.3 Å². The second-order valence-electron chi connectivity index (χ2n) is 4.03. The Kier molecular flexibility index (Phi) is 4.83. The fourth-order valence-corrected chi connectivity index (χ4v) is 1.43. The number of benzene rings is 1. The van der Waals surface area contributed by atoms with Gasteiger partial charge in [0, 0.05) is 24.8 Å². The fraction of sp³-hybridized carbons (Fsp3) is 0.308. The van der Waals surface area contributed by atoms with E-state index < -0.39 is 11.6 Å². The van der Waals surface area contributed by atoms with E-state index in [9.17, 15) is 13.6 Å². The molecule has 0 bridgehead atoms. The predicted octanol–water partition coefficient (Wildman–Crippen LogP) is 3.39. The molecule has 5 heteroatoms. The maximum absolute atomic E-state index is 13.0. The van der Waals surface area contributed by atoms with Crippen LogP contribution in [-0.4, -0.2) is 24.0 Å². The van der Waals surface area contributed by atoms with Crippen LogP contribution >= 0.6 is 0 Å². The van der Waals surface area contributed by atoms with Crippen molar-refractivity contribution in [1.29, 1.82) is 0 Å². The molecule has 1 N–H and O–H groups in total. The molecule has 0 aliphatic heterocycles. The maximum Gasteiger partial charge on any atom is 0.322 e. The van der Waals surface area contributed by atoms with Crippen molar-refractivity contribution in [3.05, 3.63) is 42.0 Å². The first-order chi connectivity index (χ1) is 8.43. The molecule has 2 amide bonds. The summed E-state index contributed by atoms with van der Waals surface area (Å²) in [4.78, 5) is 13.4. The molecule has 0 aromatic heterocycles. The zero-order valence-corrected chi connectivity index (χ0v) is 10.5. The van der Waals surface area contributed by atoms with Gasteiger partial charge in [0.2, 0.25) is 0 Å². The van der Waals surface area contributed by atoms with Crippen molar-refractivity contribution in [1.82, 2.24) is 4.90 Å². The minimum absolute atomic E-state index is 0.221. The van der Waals surface area contributed by atoms with Crippen molar-refractivity contribution in [2.24, 2.45) is 0 Å². The molecule has 0 unspecified atom stereocenters. The number of anilines is 1. The Morgan fingerprint density at radius 2 is 2.06 bits per heavy atom. The van der Waals surface area contributed by atoms with Gasteiger partial charge in [0.1, 0.15) is 0 Å². The monoisotopic (exact) mass is 254 g/mol. The number of urea groups is 1. The summed E-state index contributed by atoms with van der Waals surface area (Å²) in [7, 11) is 0. The van der Waals surface area contributed by atoms with E-state index in [-0.39, 0.29) is 11.7 Å². The van der Waals surface area contributed by atoms with Crippen molar-refractivity contribution in [2.75, 3.05) is 18.4 Å². The Balaban J connectivity index is 2.73. The molecule has 0 aliphatic rings. The summed E-state index contributed by atoms with van der Waals surface area (Å²) in [5.41, 5.74) is 1.07. The van der Waals surface area contributed by atoms with Gasteiger partial charge in [-0.1, -0.05) is 12.2 Å². The minimum Gasteiger partial charge on any atom is -0.321 e. The molecule has 0 aliphatic carbocycles. The van der Waals surface area contributed by atoms with Crippen LogP contribution in [0.5, 0.6) is 0 Å². The van der Waals surface area contributed by atoms with Crippen molar-refractivity contribution in [3.8, 4) is 0 Å². The van der Waals surface area contributed by atoms with Gasteiger partial charge in [-0.3, -0.25) is 0 Å². The number of halogens is 2.